The van der Waals surface area contributed by atoms with Crippen molar-refractivity contribution in [3.8, 4) is 0 Å². The van der Waals surface area contributed by atoms with E-state index in [9.17, 15) is 9.59 Å². The number of rotatable bonds is 5. The molecule has 0 bridgehead atoms. The summed E-state index contributed by atoms with van der Waals surface area (Å²) in [6.45, 7) is 4.73. The maximum Gasteiger partial charge on any atom is 0.271 e. The van der Waals surface area contributed by atoms with Crippen LogP contribution in [0.3, 0.4) is 0 Å². The standard InChI is InChI=1S/C23H24N4O2/c1-3-5-16-7-9-17(10-8-16)15(2)25-26-22(28)18-11-12-19-20(14-18)24-21-6-4-13-27(21)23(19)29/h7-12,14H,3-6,13H2,1-2H3,(H,26,28)/b25-15-. The molecule has 0 radical (unpaired) electrons. The number of aromatic nitrogens is 2. The number of hydrazone groups is 1. The molecule has 1 aromatic heterocycles. The highest BCUT2D eigenvalue weighted by molar-refractivity contribution is 6.01. The Balaban J connectivity index is 1.53. The molecule has 3 aromatic rings. The van der Waals surface area contributed by atoms with Crippen LogP contribution in [0, 0.1) is 0 Å². The average Bonchev–Trinajstić information content (AvgIpc) is 3.21. The molecule has 0 unspecified atom stereocenters. The van der Waals surface area contributed by atoms with Gasteiger partial charge in [0.05, 0.1) is 16.6 Å². The Kier molecular flexibility index (Phi) is 5.25. The second-order valence-corrected chi connectivity index (χ2v) is 7.41. The van der Waals surface area contributed by atoms with Crippen molar-refractivity contribution in [2.75, 3.05) is 0 Å². The number of benzene rings is 2. The quantitative estimate of drug-likeness (QED) is 0.537. The van der Waals surface area contributed by atoms with Gasteiger partial charge in [-0.3, -0.25) is 14.2 Å². The number of hydrogen-bond acceptors (Lipinski definition) is 4. The molecule has 1 amide bonds. The summed E-state index contributed by atoms with van der Waals surface area (Å²) in [5.74, 6) is 0.469. The highest BCUT2D eigenvalue weighted by Gasteiger charge is 2.17. The Morgan fingerprint density at radius 1 is 1.17 bits per heavy atom. The van der Waals surface area contributed by atoms with E-state index >= 15 is 0 Å². The summed E-state index contributed by atoms with van der Waals surface area (Å²) in [6.07, 6.45) is 3.88. The molecule has 4 rings (SSSR count). The molecule has 6 nitrogen and oxygen atoms in total. The fourth-order valence-corrected chi connectivity index (χ4v) is 3.69. The van der Waals surface area contributed by atoms with Gasteiger partial charge in [0.1, 0.15) is 5.82 Å². The number of fused-ring (bicyclic) bond motifs is 2. The van der Waals surface area contributed by atoms with Crippen LogP contribution in [0.25, 0.3) is 10.9 Å². The van der Waals surface area contributed by atoms with E-state index in [0.717, 1.165) is 42.8 Å². The smallest absolute Gasteiger partial charge is 0.271 e. The molecule has 0 saturated heterocycles. The second-order valence-electron chi connectivity index (χ2n) is 7.41. The maximum absolute atomic E-state index is 12.6. The Labute approximate surface area is 169 Å². The van der Waals surface area contributed by atoms with Crippen LogP contribution in [0.2, 0.25) is 0 Å². The normalized spacial score (nSPS) is 13.5. The summed E-state index contributed by atoms with van der Waals surface area (Å²) in [5.41, 5.74) is 6.56. The van der Waals surface area contributed by atoms with Crippen LogP contribution in [0.4, 0.5) is 0 Å². The zero-order valence-corrected chi connectivity index (χ0v) is 16.7. The maximum atomic E-state index is 12.6. The molecule has 1 N–H and O–H groups in total. The average molecular weight is 388 g/mol. The number of aryl methyl sites for hydroxylation is 2. The van der Waals surface area contributed by atoms with Crippen molar-refractivity contribution >= 4 is 22.5 Å². The third-order valence-corrected chi connectivity index (χ3v) is 5.31. The van der Waals surface area contributed by atoms with Gasteiger partial charge in [-0.15, -0.1) is 0 Å². The van der Waals surface area contributed by atoms with Gasteiger partial charge in [0.2, 0.25) is 0 Å². The van der Waals surface area contributed by atoms with E-state index in [1.54, 1.807) is 22.8 Å². The van der Waals surface area contributed by atoms with Crippen LogP contribution < -0.4 is 11.0 Å². The van der Waals surface area contributed by atoms with Crippen molar-refractivity contribution in [2.24, 2.45) is 5.10 Å². The number of carbonyl (C=O) groups is 1. The van der Waals surface area contributed by atoms with Gasteiger partial charge in [0, 0.05) is 18.5 Å². The van der Waals surface area contributed by atoms with Gasteiger partial charge in [-0.2, -0.15) is 5.10 Å². The van der Waals surface area contributed by atoms with E-state index in [1.165, 1.54) is 5.56 Å². The molecule has 0 fully saturated rings. The van der Waals surface area contributed by atoms with Gasteiger partial charge in [-0.05, 0) is 49.1 Å². The summed E-state index contributed by atoms with van der Waals surface area (Å²) < 4.78 is 1.72. The summed E-state index contributed by atoms with van der Waals surface area (Å²) in [4.78, 5) is 29.7. The highest BCUT2D eigenvalue weighted by Crippen LogP contribution is 2.16. The predicted molar refractivity (Wildman–Crippen MR) is 114 cm³/mol. The van der Waals surface area contributed by atoms with E-state index in [1.807, 2.05) is 19.1 Å². The minimum Gasteiger partial charge on any atom is -0.296 e. The van der Waals surface area contributed by atoms with Crippen LogP contribution in [-0.2, 0) is 19.4 Å². The summed E-state index contributed by atoms with van der Waals surface area (Å²) in [6, 6.07) is 13.2. The number of nitrogens with zero attached hydrogens (tertiary/aromatic N) is 3. The van der Waals surface area contributed by atoms with E-state index in [4.69, 9.17) is 0 Å². The molecule has 148 valence electrons. The van der Waals surface area contributed by atoms with Crippen LogP contribution in [0.1, 0.15) is 54.0 Å². The molecule has 1 aliphatic heterocycles. The van der Waals surface area contributed by atoms with Crippen molar-refractivity contribution in [1.29, 1.82) is 0 Å². The fraction of sp³-hybridized carbons (Fsp3) is 0.304. The lowest BCUT2D eigenvalue weighted by molar-refractivity contribution is 0.0955. The lowest BCUT2D eigenvalue weighted by Gasteiger charge is -2.07. The predicted octanol–water partition coefficient (Wildman–Crippen LogP) is 3.45. The van der Waals surface area contributed by atoms with E-state index < -0.39 is 0 Å². The molecule has 0 spiro atoms. The lowest BCUT2D eigenvalue weighted by atomic mass is 10.1. The minimum atomic E-state index is -0.323. The molecular weight excluding hydrogens is 364 g/mol. The first kappa shape index (κ1) is 19.1. The van der Waals surface area contributed by atoms with Crippen LogP contribution in [0.15, 0.2) is 52.4 Å². The number of nitrogens with one attached hydrogen (secondary N) is 1. The lowest BCUT2D eigenvalue weighted by Crippen LogP contribution is -2.22. The molecular formula is C23H24N4O2. The monoisotopic (exact) mass is 388 g/mol. The number of hydrogen-bond donors (Lipinski definition) is 1. The summed E-state index contributed by atoms with van der Waals surface area (Å²) in [5, 5.41) is 4.77. The number of amides is 1. The Morgan fingerprint density at radius 2 is 1.93 bits per heavy atom. The zero-order chi connectivity index (χ0) is 20.4. The molecule has 6 heteroatoms. The van der Waals surface area contributed by atoms with Gasteiger partial charge in [-0.25, -0.2) is 10.4 Å². The SMILES string of the molecule is CCCc1ccc(/C(C)=N\NC(=O)c2ccc3c(=O)n4c(nc3c2)CCC4)cc1. The van der Waals surface area contributed by atoms with Gasteiger partial charge in [0.15, 0.2) is 0 Å². The molecule has 2 aromatic carbocycles. The Morgan fingerprint density at radius 3 is 2.69 bits per heavy atom. The van der Waals surface area contributed by atoms with Crippen LogP contribution >= 0.6 is 0 Å². The van der Waals surface area contributed by atoms with Gasteiger partial charge in [0.25, 0.3) is 11.5 Å². The first-order chi connectivity index (χ1) is 14.1. The molecule has 29 heavy (non-hydrogen) atoms. The van der Waals surface area contributed by atoms with Crippen LogP contribution in [0.5, 0.6) is 0 Å². The molecule has 0 saturated carbocycles. The molecule has 1 aliphatic rings. The largest absolute Gasteiger partial charge is 0.296 e. The highest BCUT2D eigenvalue weighted by atomic mass is 16.2. The van der Waals surface area contributed by atoms with Crippen LogP contribution in [-0.4, -0.2) is 21.2 Å². The molecule has 0 aliphatic carbocycles. The molecule has 0 atom stereocenters. The van der Waals surface area contributed by atoms with Crippen molar-refractivity contribution in [3.63, 3.8) is 0 Å². The first-order valence-corrected chi connectivity index (χ1v) is 10.0. The minimum absolute atomic E-state index is 0.0326. The summed E-state index contributed by atoms with van der Waals surface area (Å²) >= 11 is 0. The van der Waals surface area contributed by atoms with E-state index in [0.29, 0.717) is 23.0 Å². The van der Waals surface area contributed by atoms with E-state index in [2.05, 4.69) is 34.6 Å². The third kappa shape index (κ3) is 3.83. The number of carbonyl (C=O) groups excluding carboxylic acids is 1. The second kappa shape index (κ2) is 7.99. The van der Waals surface area contributed by atoms with Gasteiger partial charge >= 0.3 is 0 Å². The van der Waals surface area contributed by atoms with Crippen molar-refractivity contribution in [1.82, 2.24) is 15.0 Å². The Hall–Kier alpha value is -3.28. The van der Waals surface area contributed by atoms with Gasteiger partial charge < -0.3 is 0 Å². The zero-order valence-electron chi connectivity index (χ0n) is 16.7. The third-order valence-electron chi connectivity index (χ3n) is 5.31. The first-order valence-electron chi connectivity index (χ1n) is 10.0. The Bertz CT molecular complexity index is 1160. The topological polar surface area (TPSA) is 76.3 Å². The fourth-order valence-electron chi connectivity index (χ4n) is 3.69. The van der Waals surface area contributed by atoms with Gasteiger partial charge in [-0.1, -0.05) is 37.6 Å². The molecule has 2 heterocycles. The van der Waals surface area contributed by atoms with Crippen molar-refractivity contribution in [3.05, 3.63) is 75.3 Å². The summed E-state index contributed by atoms with van der Waals surface area (Å²) in [7, 11) is 0. The van der Waals surface area contributed by atoms with Crippen molar-refractivity contribution in [2.45, 2.75) is 46.1 Å². The van der Waals surface area contributed by atoms with E-state index in [-0.39, 0.29) is 11.5 Å². The van der Waals surface area contributed by atoms with Crippen molar-refractivity contribution < 1.29 is 4.79 Å².